The third-order valence-electron chi connectivity index (χ3n) is 5.71. The molecule has 1 fully saturated rings. The fraction of sp³-hybridized carbons (Fsp3) is 0.458. The van der Waals surface area contributed by atoms with Crippen LogP contribution in [0.2, 0.25) is 5.02 Å². The van der Waals surface area contributed by atoms with Crippen molar-refractivity contribution in [3.05, 3.63) is 58.6 Å². The van der Waals surface area contributed by atoms with Gasteiger partial charge in [0.1, 0.15) is 11.8 Å². The number of carbonyl (C=O) groups is 1. The highest BCUT2D eigenvalue weighted by atomic mass is 35.5. The van der Waals surface area contributed by atoms with Gasteiger partial charge in [-0.15, -0.1) is 0 Å². The Morgan fingerprint density at radius 3 is 2.41 bits per heavy atom. The van der Waals surface area contributed by atoms with E-state index in [2.05, 4.69) is 10.2 Å². The molecule has 0 bridgehead atoms. The number of amides is 1. The van der Waals surface area contributed by atoms with E-state index in [4.69, 9.17) is 21.1 Å². The van der Waals surface area contributed by atoms with Crippen molar-refractivity contribution in [3.8, 4) is 5.75 Å². The van der Waals surface area contributed by atoms with Crippen molar-refractivity contribution in [2.75, 3.05) is 44.0 Å². The van der Waals surface area contributed by atoms with Crippen LogP contribution in [0.1, 0.15) is 24.5 Å². The molecule has 0 aromatic heterocycles. The third kappa shape index (κ3) is 6.85. The molecule has 34 heavy (non-hydrogen) atoms. The van der Waals surface area contributed by atoms with Crippen LogP contribution in [0.4, 0.5) is 5.69 Å². The Hall–Kier alpha value is -2.33. The van der Waals surface area contributed by atoms with E-state index in [1.54, 1.807) is 19.1 Å². The molecule has 1 aliphatic rings. The van der Waals surface area contributed by atoms with Crippen LogP contribution in [0.15, 0.2) is 42.5 Å². The molecule has 1 saturated heterocycles. The molecule has 8 nitrogen and oxygen atoms in total. The summed E-state index contributed by atoms with van der Waals surface area (Å²) in [6, 6.07) is 11.8. The molecule has 0 spiro atoms. The van der Waals surface area contributed by atoms with Crippen molar-refractivity contribution in [2.45, 2.75) is 32.5 Å². The largest absolute Gasteiger partial charge is 0.495 e. The van der Waals surface area contributed by atoms with Crippen LogP contribution in [-0.2, 0) is 32.6 Å². The molecule has 3 rings (SSSR count). The van der Waals surface area contributed by atoms with Gasteiger partial charge in [-0.1, -0.05) is 42.8 Å². The molecule has 0 radical (unpaired) electrons. The predicted octanol–water partition coefficient (Wildman–Crippen LogP) is 3.04. The first kappa shape index (κ1) is 26.3. The number of anilines is 1. The van der Waals surface area contributed by atoms with Gasteiger partial charge in [0.05, 0.1) is 32.3 Å². The number of rotatable bonds is 10. The molecule has 1 amide bonds. The molecule has 2 aromatic carbocycles. The van der Waals surface area contributed by atoms with Gasteiger partial charge in [-0.05, 0) is 35.7 Å². The van der Waals surface area contributed by atoms with E-state index in [9.17, 15) is 13.2 Å². The Labute approximate surface area is 206 Å². The van der Waals surface area contributed by atoms with Gasteiger partial charge < -0.3 is 14.8 Å². The smallest absolute Gasteiger partial charge is 0.244 e. The molecule has 10 heteroatoms. The summed E-state index contributed by atoms with van der Waals surface area (Å²) in [6.45, 7) is 6.27. The van der Waals surface area contributed by atoms with Crippen molar-refractivity contribution in [1.82, 2.24) is 10.2 Å². The van der Waals surface area contributed by atoms with Gasteiger partial charge in [0, 0.05) is 31.2 Å². The Morgan fingerprint density at radius 1 is 1.18 bits per heavy atom. The number of morpholine rings is 1. The summed E-state index contributed by atoms with van der Waals surface area (Å²) < 4.78 is 37.3. The average molecular weight is 510 g/mol. The van der Waals surface area contributed by atoms with Crippen molar-refractivity contribution < 1.29 is 22.7 Å². The fourth-order valence-corrected chi connectivity index (χ4v) is 5.33. The Bertz CT molecular complexity index is 1070. The minimum Gasteiger partial charge on any atom is -0.495 e. The molecule has 0 unspecified atom stereocenters. The number of nitrogens with zero attached hydrogens (tertiary/aromatic N) is 2. The summed E-state index contributed by atoms with van der Waals surface area (Å²) in [7, 11) is -2.36. The maximum Gasteiger partial charge on any atom is 0.244 e. The highest BCUT2D eigenvalue weighted by Crippen LogP contribution is 2.34. The van der Waals surface area contributed by atoms with Gasteiger partial charge in [-0.3, -0.25) is 14.0 Å². The lowest BCUT2D eigenvalue weighted by Crippen LogP contribution is -2.49. The molecule has 1 atom stereocenters. The quantitative estimate of drug-likeness (QED) is 0.529. The van der Waals surface area contributed by atoms with Gasteiger partial charge in [0.25, 0.3) is 0 Å². The molecule has 0 saturated carbocycles. The van der Waals surface area contributed by atoms with Gasteiger partial charge in [-0.2, -0.15) is 0 Å². The number of methoxy groups -OCH3 is 1. The van der Waals surface area contributed by atoms with Crippen LogP contribution in [0.25, 0.3) is 0 Å². The number of halogens is 1. The van der Waals surface area contributed by atoms with E-state index in [1.165, 1.54) is 18.7 Å². The molecular weight excluding hydrogens is 478 g/mol. The van der Waals surface area contributed by atoms with Crippen LogP contribution in [0.3, 0.4) is 0 Å². The normalized spacial score (nSPS) is 15.5. The summed E-state index contributed by atoms with van der Waals surface area (Å²) in [6.07, 6.45) is 1.34. The Morgan fingerprint density at radius 2 is 1.82 bits per heavy atom. The van der Waals surface area contributed by atoms with E-state index in [0.29, 0.717) is 10.8 Å². The second-order valence-electron chi connectivity index (χ2n) is 8.22. The maximum atomic E-state index is 13.1. The van der Waals surface area contributed by atoms with E-state index in [1.807, 2.05) is 24.3 Å². The van der Waals surface area contributed by atoms with Crippen molar-refractivity contribution in [3.63, 3.8) is 0 Å². The second-order valence-corrected chi connectivity index (χ2v) is 10.5. The zero-order valence-corrected chi connectivity index (χ0v) is 21.4. The topological polar surface area (TPSA) is 88.2 Å². The minimum atomic E-state index is -3.81. The van der Waals surface area contributed by atoms with Crippen LogP contribution in [-0.4, -0.2) is 64.9 Å². The van der Waals surface area contributed by atoms with Gasteiger partial charge >= 0.3 is 0 Å². The first-order valence-electron chi connectivity index (χ1n) is 11.2. The predicted molar refractivity (Wildman–Crippen MR) is 134 cm³/mol. The summed E-state index contributed by atoms with van der Waals surface area (Å²) in [5, 5.41) is 3.22. The SMILES string of the molecule is CC[C@H](C(=O)NCc1ccc(CN2CCOCC2)cc1)N(c1cc(Cl)ccc1OC)S(C)(=O)=O. The molecule has 1 aliphatic heterocycles. The number of benzene rings is 2. The van der Waals surface area contributed by atoms with Crippen LogP contribution in [0, 0.1) is 0 Å². The number of sulfonamides is 1. The summed E-state index contributed by atoms with van der Waals surface area (Å²) in [5.41, 5.74) is 2.35. The Kier molecular flexibility index (Phi) is 9.18. The molecule has 1 N–H and O–H groups in total. The van der Waals surface area contributed by atoms with Crippen molar-refractivity contribution >= 4 is 33.2 Å². The van der Waals surface area contributed by atoms with Gasteiger partial charge in [-0.25, -0.2) is 8.42 Å². The second kappa shape index (κ2) is 11.9. The summed E-state index contributed by atoms with van der Waals surface area (Å²) in [5.74, 6) is -0.0794. The Balaban J connectivity index is 1.71. The van der Waals surface area contributed by atoms with E-state index in [0.717, 1.165) is 49.0 Å². The summed E-state index contributed by atoms with van der Waals surface area (Å²) in [4.78, 5) is 15.5. The minimum absolute atomic E-state index is 0.229. The lowest BCUT2D eigenvalue weighted by molar-refractivity contribution is -0.122. The van der Waals surface area contributed by atoms with Gasteiger partial charge in [0.15, 0.2) is 0 Å². The number of carbonyl (C=O) groups excluding carboxylic acids is 1. The molecular formula is C24H32ClN3O5S. The molecule has 186 valence electrons. The number of ether oxygens (including phenoxy) is 2. The maximum absolute atomic E-state index is 13.1. The lowest BCUT2D eigenvalue weighted by atomic mass is 10.1. The highest BCUT2D eigenvalue weighted by Gasteiger charge is 2.33. The number of hydrogen-bond acceptors (Lipinski definition) is 6. The van der Waals surface area contributed by atoms with Crippen LogP contribution in [0.5, 0.6) is 5.75 Å². The van der Waals surface area contributed by atoms with Crippen molar-refractivity contribution in [1.29, 1.82) is 0 Å². The first-order chi connectivity index (χ1) is 16.2. The number of hydrogen-bond donors (Lipinski definition) is 1. The fourth-order valence-electron chi connectivity index (χ4n) is 3.96. The zero-order valence-electron chi connectivity index (χ0n) is 19.8. The lowest BCUT2D eigenvalue weighted by Gasteiger charge is -2.31. The van der Waals surface area contributed by atoms with E-state index >= 15 is 0 Å². The van der Waals surface area contributed by atoms with E-state index in [-0.39, 0.29) is 18.7 Å². The van der Waals surface area contributed by atoms with Crippen LogP contribution >= 0.6 is 11.6 Å². The van der Waals surface area contributed by atoms with Gasteiger partial charge in [0.2, 0.25) is 15.9 Å². The van der Waals surface area contributed by atoms with E-state index < -0.39 is 22.0 Å². The highest BCUT2D eigenvalue weighted by molar-refractivity contribution is 7.92. The number of nitrogens with one attached hydrogen (secondary N) is 1. The van der Waals surface area contributed by atoms with Crippen molar-refractivity contribution in [2.24, 2.45) is 0 Å². The van der Waals surface area contributed by atoms with Crippen LogP contribution < -0.4 is 14.4 Å². The standard InChI is InChI=1S/C24H32ClN3O5S/c1-4-21(28(34(3,30)31)22-15-20(25)9-10-23(22)32-2)24(29)26-16-18-5-7-19(8-6-18)17-27-11-13-33-14-12-27/h5-10,15,21H,4,11-14,16-17H2,1-3H3,(H,26,29)/t21-/m1/s1. The first-order valence-corrected chi connectivity index (χ1v) is 13.4. The third-order valence-corrected chi connectivity index (χ3v) is 7.11. The average Bonchev–Trinajstić information content (AvgIpc) is 2.81. The monoisotopic (exact) mass is 509 g/mol. The molecule has 0 aliphatic carbocycles. The summed E-state index contributed by atoms with van der Waals surface area (Å²) >= 11 is 6.12. The molecule has 2 aromatic rings. The zero-order chi connectivity index (χ0) is 24.7. The molecule has 1 heterocycles.